The normalized spacial score (nSPS) is 16.9. The van der Waals surface area contributed by atoms with Crippen LogP contribution in [-0.2, 0) is 42.9 Å². The molecule has 22 heteroatoms. The molecule has 2 saturated heterocycles. The molecule has 5 rings (SSSR count). The van der Waals surface area contributed by atoms with E-state index in [9.17, 15) is 43.2 Å². The van der Waals surface area contributed by atoms with Gasteiger partial charge in [0.15, 0.2) is 36.6 Å². The molecule has 7 atom stereocenters. The second-order valence-electron chi connectivity index (χ2n) is 20.1. The number of hydrogen-bond donors (Lipinski definition) is 5. The van der Waals surface area contributed by atoms with E-state index < -0.39 is 59.4 Å². The molecule has 1 amide bonds. The number of alkyl halides is 1. The van der Waals surface area contributed by atoms with Gasteiger partial charge in [0.05, 0.1) is 42.8 Å². The van der Waals surface area contributed by atoms with Crippen molar-refractivity contribution < 1.29 is 100 Å². The van der Waals surface area contributed by atoms with E-state index in [1.165, 1.54) is 38.4 Å². The highest BCUT2D eigenvalue weighted by molar-refractivity contribution is 9.09. The van der Waals surface area contributed by atoms with Gasteiger partial charge in [0.25, 0.3) is 0 Å². The minimum Gasteiger partial charge on any atom is -1.00 e. The summed E-state index contributed by atoms with van der Waals surface area (Å²) in [6.07, 6.45) is 0.752. The Kier molecular flexibility index (Phi) is 40.6. The van der Waals surface area contributed by atoms with Crippen LogP contribution < -0.4 is 17.7 Å². The van der Waals surface area contributed by atoms with Gasteiger partial charge in [0.2, 0.25) is 0 Å². The Balaban J connectivity index is 0. The number of likely N-dealkylation sites (tertiary alicyclic amines) is 1. The number of Topliss-reactive ketones (excluding diaryl/α,β-unsaturated/α-hetero) is 3. The van der Waals surface area contributed by atoms with E-state index in [0.717, 1.165) is 18.5 Å². The monoisotopic (exact) mass is 1220 g/mol. The van der Waals surface area contributed by atoms with Crippen LogP contribution >= 0.6 is 15.9 Å². The van der Waals surface area contributed by atoms with E-state index in [-0.39, 0.29) is 80.7 Å². The highest BCUT2D eigenvalue weighted by Gasteiger charge is 2.40. The average Bonchev–Trinajstić information content (AvgIpc) is 4.09. The molecule has 0 aromatic heterocycles. The number of nitrogens with two attached hydrogens (primary N) is 1. The summed E-state index contributed by atoms with van der Waals surface area (Å²) < 4.78 is 20.1. The second kappa shape index (κ2) is 42.7. The zero-order chi connectivity index (χ0) is 61.0. The molecule has 3 aromatic rings. The van der Waals surface area contributed by atoms with Gasteiger partial charge in [0, 0.05) is 35.6 Å². The van der Waals surface area contributed by atoms with Crippen LogP contribution in [0.5, 0.6) is 0 Å². The predicted octanol–water partition coefficient (Wildman–Crippen LogP) is 3.64. The van der Waals surface area contributed by atoms with Gasteiger partial charge in [-0.2, -0.15) is 0 Å². The second-order valence-corrected chi connectivity index (χ2v) is 20.7. The molecule has 20 nitrogen and oxygen atoms in total. The molecule has 2 heterocycles. The van der Waals surface area contributed by atoms with Crippen molar-refractivity contribution in [3.63, 3.8) is 0 Å². The van der Waals surface area contributed by atoms with Crippen LogP contribution in [0.3, 0.4) is 0 Å². The maximum Gasteiger partial charge on any atom is 0.411 e. The SMILES string of the molecule is CCN(CC)CC.C[C@@H](CO)C(=O)O.C[C@@H](CO)C(=O)OCC(=O)c1ccccc1.C[C@@H]1C[C@@H](C(=O)O)N(C(=O)OC(C)(C)C)C1.C[C@H]1C[NH2+][C@@H](C(=O)OC[C@H](C)C(=O)OCC(=O)c2ccccc2)C1.O=C(CBr)c1ccccc1.[Cl-]. The number of quaternary nitrogens is 1. The number of ether oxygens (including phenoxy) is 4. The number of aliphatic hydroxyl groups is 2. The number of amides is 1. The number of aliphatic hydroxyl groups excluding tert-OH is 2. The van der Waals surface area contributed by atoms with E-state index in [1.807, 2.05) is 48.6 Å². The van der Waals surface area contributed by atoms with E-state index in [0.29, 0.717) is 35.3 Å². The molecule has 3 aromatic carbocycles. The fourth-order valence-corrected chi connectivity index (χ4v) is 7.22. The van der Waals surface area contributed by atoms with Crippen LogP contribution in [0.15, 0.2) is 91.0 Å². The smallest absolute Gasteiger partial charge is 0.411 e. The van der Waals surface area contributed by atoms with Gasteiger partial charge in [-0.3, -0.25) is 33.7 Å². The number of carbonyl (C=O) groups excluding carboxylic acids is 7. The number of benzene rings is 3. The molecule has 81 heavy (non-hydrogen) atoms. The lowest BCUT2D eigenvalue weighted by atomic mass is 10.1. The van der Waals surface area contributed by atoms with Crippen LogP contribution in [0, 0.1) is 29.6 Å². The van der Waals surface area contributed by atoms with Gasteiger partial charge >= 0.3 is 35.9 Å². The summed E-state index contributed by atoms with van der Waals surface area (Å²) in [5.41, 5.74) is 1.17. The van der Waals surface area contributed by atoms with Gasteiger partial charge in [-0.05, 0) is 73.5 Å². The molecule has 6 N–H and O–H groups in total. The zero-order valence-corrected chi connectivity index (χ0v) is 51.1. The van der Waals surface area contributed by atoms with Crippen LogP contribution in [0.2, 0.25) is 0 Å². The molecule has 0 saturated carbocycles. The summed E-state index contributed by atoms with van der Waals surface area (Å²) in [6, 6.07) is 25.5. The van der Waals surface area contributed by atoms with Gasteiger partial charge < -0.3 is 62.0 Å². The number of rotatable bonds is 20. The van der Waals surface area contributed by atoms with E-state index in [4.69, 9.17) is 39.4 Å². The third-order valence-electron chi connectivity index (χ3n) is 11.9. The topological polar surface area (TPSA) is 295 Å². The van der Waals surface area contributed by atoms with Crippen molar-refractivity contribution in [3.05, 3.63) is 108 Å². The molecule has 454 valence electrons. The lowest BCUT2D eigenvalue weighted by molar-refractivity contribution is -0.660. The van der Waals surface area contributed by atoms with Crippen molar-refractivity contribution in [2.45, 2.75) is 107 Å². The minimum absolute atomic E-state index is 0. The number of halogens is 2. The standard InChI is InChI=1S/C18H23NO5.C12H14O4.C11H19NO4.C8H7BrO.C6H15N.C4H8O3.ClH/c1-12-8-15(19-9-12)18(22)23-10-13(2)17(21)24-11-16(20)14-6-4-3-5-7-14;1-9(7-13)12(15)16-8-11(14)10-5-3-2-4-6-10;1-7-5-8(9(13)14)12(6-7)10(15)16-11(2,3)4;9-6-8(10)7-4-2-1-3-5-7;1-4-7(5-2)6-3;1-3(2-5)4(6)7;/h3-7,12-13,15,19H,8-11H2,1-2H3;2-6,9,13H,7-8H2,1H3;7-8H,5-6H2,1-4H3,(H,13,14);1-5H,6H2;4-6H2,1-3H3;3,5H,2H2,1H3,(H,6,7);1H/t12-,13+,15-;9-;7-,8+;;;3-;/m101..0./s1. The highest BCUT2D eigenvalue weighted by Crippen LogP contribution is 2.25. The van der Waals surface area contributed by atoms with Gasteiger partial charge in [-0.1, -0.05) is 142 Å². The van der Waals surface area contributed by atoms with E-state index in [2.05, 4.69) is 48.5 Å². The van der Waals surface area contributed by atoms with Crippen molar-refractivity contribution >= 4 is 69.2 Å². The lowest BCUT2D eigenvalue weighted by Gasteiger charge is -2.26. The Labute approximate surface area is 492 Å². The third-order valence-corrected chi connectivity index (χ3v) is 12.4. The molecule has 2 aliphatic heterocycles. The van der Waals surface area contributed by atoms with Crippen molar-refractivity contribution in [1.82, 2.24) is 9.80 Å². The number of carboxylic acids is 2. The molecule has 0 aliphatic carbocycles. The first-order chi connectivity index (χ1) is 37.7. The molecule has 0 bridgehead atoms. The molecule has 2 aliphatic rings. The number of hydrogen-bond acceptors (Lipinski definition) is 16. The van der Waals surface area contributed by atoms with Crippen molar-refractivity contribution in [2.24, 2.45) is 29.6 Å². The summed E-state index contributed by atoms with van der Waals surface area (Å²) in [5, 5.41) is 36.2. The number of ketones is 3. The van der Waals surface area contributed by atoms with Crippen molar-refractivity contribution in [1.29, 1.82) is 0 Å². The quantitative estimate of drug-likeness (QED) is 0.0467. The summed E-state index contributed by atoms with van der Waals surface area (Å²) in [7, 11) is 0. The number of esters is 3. The van der Waals surface area contributed by atoms with Crippen LogP contribution in [0.25, 0.3) is 0 Å². The number of carboxylic acid groups (broad SMARTS) is 2. The maximum atomic E-state index is 11.9. The average molecular weight is 1230 g/mol. The molecular formula is C59H87BrClN3O17. The third kappa shape index (κ3) is 33.4. The zero-order valence-electron chi connectivity index (χ0n) is 48.7. The minimum atomic E-state index is -0.963. The maximum absolute atomic E-state index is 11.9. The van der Waals surface area contributed by atoms with E-state index in [1.54, 1.807) is 82.3 Å². The first-order valence-electron chi connectivity index (χ1n) is 26.7. The molecule has 2 fully saturated rings. The fourth-order valence-electron chi connectivity index (χ4n) is 6.90. The Morgan fingerprint density at radius 2 is 1.06 bits per heavy atom. The van der Waals surface area contributed by atoms with E-state index >= 15 is 0 Å². The Morgan fingerprint density at radius 1 is 0.642 bits per heavy atom. The largest absolute Gasteiger partial charge is 1.00 e. The summed E-state index contributed by atoms with van der Waals surface area (Å²) in [6.45, 7) is 24.2. The predicted molar refractivity (Wildman–Crippen MR) is 304 cm³/mol. The molecule has 0 unspecified atom stereocenters. The van der Waals surface area contributed by atoms with Crippen molar-refractivity contribution in [2.75, 3.05) is 71.1 Å². The van der Waals surface area contributed by atoms with Crippen LogP contribution in [-0.4, -0.2) is 172 Å². The highest BCUT2D eigenvalue weighted by atomic mass is 79.9. The number of aliphatic carboxylic acids is 2. The lowest BCUT2D eigenvalue weighted by Crippen LogP contribution is -3.00. The van der Waals surface area contributed by atoms with Crippen molar-refractivity contribution in [3.8, 4) is 0 Å². The Morgan fingerprint density at radius 3 is 1.38 bits per heavy atom. The van der Waals surface area contributed by atoms with Gasteiger partial charge in [-0.25, -0.2) is 14.4 Å². The Hall–Kier alpha value is -6.10. The first-order valence-corrected chi connectivity index (χ1v) is 27.8. The summed E-state index contributed by atoms with van der Waals surface area (Å²) in [5.74, 6) is -4.83. The Bertz CT molecular complexity index is 2320. The van der Waals surface area contributed by atoms with Crippen LogP contribution in [0.4, 0.5) is 4.79 Å². The fraction of sp³-hybridized carbons (Fsp3) is 0.542. The molecular weight excluding hydrogens is 1140 g/mol. The summed E-state index contributed by atoms with van der Waals surface area (Å²) in [4.78, 5) is 106. The summed E-state index contributed by atoms with van der Waals surface area (Å²) >= 11 is 3.10. The number of nitrogens with zero attached hydrogens (tertiary/aromatic N) is 2. The van der Waals surface area contributed by atoms with Gasteiger partial charge in [0.1, 0.15) is 18.2 Å². The van der Waals surface area contributed by atoms with Crippen LogP contribution in [0.1, 0.15) is 120 Å². The molecule has 0 radical (unpaired) electrons. The first kappa shape index (κ1) is 77.0. The number of carbonyl (C=O) groups is 9. The van der Waals surface area contributed by atoms with Gasteiger partial charge in [-0.15, -0.1) is 0 Å². The molecule has 0 spiro atoms.